The van der Waals surface area contributed by atoms with Gasteiger partial charge in [0.25, 0.3) is 0 Å². The second-order valence-corrected chi connectivity index (χ2v) is 4.31. The Bertz CT molecular complexity index is 565. The molecule has 0 fully saturated rings. The highest BCUT2D eigenvalue weighted by Gasteiger charge is 2.19. The van der Waals surface area contributed by atoms with Gasteiger partial charge in [-0.1, -0.05) is 12.7 Å². The van der Waals surface area contributed by atoms with E-state index in [1.807, 2.05) is 24.7 Å². The Balaban J connectivity index is 2.05. The van der Waals surface area contributed by atoms with Gasteiger partial charge in [0.15, 0.2) is 0 Å². The van der Waals surface area contributed by atoms with E-state index in [4.69, 9.17) is 0 Å². The van der Waals surface area contributed by atoms with E-state index in [1.54, 1.807) is 6.33 Å². The standard InChI is InChI=1S/C14H14N4/c1-2-11-6-12-4-3-5-18(14(12)17-7-11)13-8-15-10-16-9-13/h2,6-10H,1,3-5H2. The lowest BCUT2D eigenvalue weighted by Gasteiger charge is -2.29. The first-order valence-corrected chi connectivity index (χ1v) is 6.02. The molecular formula is C14H14N4. The van der Waals surface area contributed by atoms with Crippen molar-refractivity contribution in [2.45, 2.75) is 12.8 Å². The zero-order valence-corrected chi connectivity index (χ0v) is 10.1. The van der Waals surface area contributed by atoms with Crippen LogP contribution in [0, 0.1) is 0 Å². The maximum Gasteiger partial charge on any atom is 0.136 e. The molecular weight excluding hydrogens is 224 g/mol. The molecule has 3 rings (SSSR count). The van der Waals surface area contributed by atoms with Crippen LogP contribution < -0.4 is 4.90 Å². The van der Waals surface area contributed by atoms with Crippen LogP contribution in [0.2, 0.25) is 0 Å². The molecule has 0 aromatic carbocycles. The maximum absolute atomic E-state index is 4.55. The van der Waals surface area contributed by atoms with Crippen LogP contribution in [-0.4, -0.2) is 21.5 Å². The summed E-state index contributed by atoms with van der Waals surface area (Å²) in [6, 6.07) is 2.16. The largest absolute Gasteiger partial charge is 0.324 e. The number of hydrogen-bond acceptors (Lipinski definition) is 4. The van der Waals surface area contributed by atoms with E-state index in [0.717, 1.165) is 36.5 Å². The summed E-state index contributed by atoms with van der Waals surface area (Å²) >= 11 is 0. The van der Waals surface area contributed by atoms with Crippen molar-refractivity contribution in [3.63, 3.8) is 0 Å². The van der Waals surface area contributed by atoms with Crippen molar-refractivity contribution < 1.29 is 0 Å². The molecule has 1 aliphatic rings. The molecule has 0 unspecified atom stereocenters. The van der Waals surface area contributed by atoms with Gasteiger partial charge in [-0.25, -0.2) is 15.0 Å². The SMILES string of the molecule is C=Cc1cnc2c(c1)CCCN2c1cncnc1. The van der Waals surface area contributed by atoms with Gasteiger partial charge in [0, 0.05) is 12.7 Å². The summed E-state index contributed by atoms with van der Waals surface area (Å²) in [4.78, 5) is 14.9. The van der Waals surface area contributed by atoms with Gasteiger partial charge in [0.1, 0.15) is 12.1 Å². The zero-order chi connectivity index (χ0) is 12.4. The van der Waals surface area contributed by atoms with E-state index >= 15 is 0 Å². The highest BCUT2D eigenvalue weighted by atomic mass is 15.2. The van der Waals surface area contributed by atoms with Crippen LogP contribution in [0.15, 0.2) is 37.6 Å². The maximum atomic E-state index is 4.55. The summed E-state index contributed by atoms with van der Waals surface area (Å²) in [5, 5.41) is 0. The smallest absolute Gasteiger partial charge is 0.136 e. The minimum Gasteiger partial charge on any atom is -0.324 e. The van der Waals surface area contributed by atoms with Crippen molar-refractivity contribution in [1.29, 1.82) is 0 Å². The molecule has 0 bridgehead atoms. The van der Waals surface area contributed by atoms with Crippen molar-refractivity contribution >= 4 is 17.6 Å². The predicted molar refractivity (Wildman–Crippen MR) is 71.7 cm³/mol. The van der Waals surface area contributed by atoms with Gasteiger partial charge in [-0.05, 0) is 30.0 Å². The average Bonchev–Trinajstić information content (AvgIpc) is 2.47. The van der Waals surface area contributed by atoms with Crippen LogP contribution in [0.25, 0.3) is 6.08 Å². The Labute approximate surface area is 106 Å². The van der Waals surface area contributed by atoms with Gasteiger partial charge in [0.2, 0.25) is 0 Å². The Morgan fingerprint density at radius 1 is 1.22 bits per heavy atom. The molecule has 2 aromatic rings. The monoisotopic (exact) mass is 238 g/mol. The van der Waals surface area contributed by atoms with Crippen molar-refractivity contribution in [2.24, 2.45) is 0 Å². The number of hydrogen-bond donors (Lipinski definition) is 0. The van der Waals surface area contributed by atoms with Crippen molar-refractivity contribution in [3.8, 4) is 0 Å². The molecule has 0 amide bonds. The van der Waals surface area contributed by atoms with Crippen LogP contribution in [0.5, 0.6) is 0 Å². The fourth-order valence-corrected chi connectivity index (χ4v) is 2.28. The molecule has 0 saturated heterocycles. The molecule has 1 aliphatic heterocycles. The number of fused-ring (bicyclic) bond motifs is 1. The summed E-state index contributed by atoms with van der Waals surface area (Å²) < 4.78 is 0. The highest BCUT2D eigenvalue weighted by Crippen LogP contribution is 2.31. The van der Waals surface area contributed by atoms with Crippen molar-refractivity contribution in [2.75, 3.05) is 11.4 Å². The van der Waals surface area contributed by atoms with E-state index < -0.39 is 0 Å². The van der Waals surface area contributed by atoms with E-state index in [0.29, 0.717) is 0 Å². The van der Waals surface area contributed by atoms with Crippen LogP contribution in [0.4, 0.5) is 11.5 Å². The molecule has 0 N–H and O–H groups in total. The predicted octanol–water partition coefficient (Wildman–Crippen LogP) is 2.60. The summed E-state index contributed by atoms with van der Waals surface area (Å²) in [5.41, 5.74) is 3.33. The molecule has 4 heteroatoms. The molecule has 18 heavy (non-hydrogen) atoms. The molecule has 0 saturated carbocycles. The first-order valence-electron chi connectivity index (χ1n) is 6.02. The first kappa shape index (κ1) is 10.9. The summed E-state index contributed by atoms with van der Waals surface area (Å²) in [6.07, 6.45) is 11.1. The Morgan fingerprint density at radius 3 is 2.83 bits per heavy atom. The van der Waals surface area contributed by atoms with Crippen molar-refractivity contribution in [3.05, 3.63) is 48.7 Å². The summed E-state index contributed by atoms with van der Waals surface area (Å²) in [6.45, 7) is 4.74. The van der Waals surface area contributed by atoms with Crippen molar-refractivity contribution in [1.82, 2.24) is 15.0 Å². The minimum absolute atomic E-state index is 0.959. The van der Waals surface area contributed by atoms with Gasteiger partial charge in [-0.3, -0.25) is 0 Å². The second kappa shape index (κ2) is 4.56. The molecule has 2 aromatic heterocycles. The number of aryl methyl sites for hydroxylation is 1. The average molecular weight is 238 g/mol. The van der Waals surface area contributed by atoms with Crippen LogP contribution in [0.3, 0.4) is 0 Å². The third kappa shape index (κ3) is 1.86. The zero-order valence-electron chi connectivity index (χ0n) is 10.1. The van der Waals surface area contributed by atoms with Crippen LogP contribution in [0.1, 0.15) is 17.5 Å². The topological polar surface area (TPSA) is 41.9 Å². The quantitative estimate of drug-likeness (QED) is 0.806. The summed E-state index contributed by atoms with van der Waals surface area (Å²) in [5.74, 6) is 1.02. The van der Waals surface area contributed by atoms with Gasteiger partial charge >= 0.3 is 0 Å². The van der Waals surface area contributed by atoms with Gasteiger partial charge < -0.3 is 4.90 Å². The Morgan fingerprint density at radius 2 is 2.06 bits per heavy atom. The summed E-state index contributed by atoms with van der Waals surface area (Å²) in [7, 11) is 0. The Hall–Kier alpha value is -2.23. The highest BCUT2D eigenvalue weighted by molar-refractivity contribution is 5.64. The van der Waals surface area contributed by atoms with Crippen LogP contribution in [-0.2, 0) is 6.42 Å². The van der Waals surface area contributed by atoms with E-state index in [9.17, 15) is 0 Å². The normalized spacial score (nSPS) is 14.1. The van der Waals surface area contributed by atoms with Gasteiger partial charge in [-0.15, -0.1) is 0 Å². The molecule has 4 nitrogen and oxygen atoms in total. The van der Waals surface area contributed by atoms with Crippen LogP contribution >= 0.6 is 0 Å². The van der Waals surface area contributed by atoms with Gasteiger partial charge in [-0.2, -0.15) is 0 Å². The number of anilines is 2. The third-order valence-electron chi connectivity index (χ3n) is 3.14. The molecule has 0 aliphatic carbocycles. The lowest BCUT2D eigenvalue weighted by atomic mass is 10.0. The fraction of sp³-hybridized carbons (Fsp3) is 0.214. The number of rotatable bonds is 2. The molecule has 0 atom stereocenters. The number of pyridine rings is 1. The first-order chi connectivity index (χ1) is 8.88. The minimum atomic E-state index is 0.959. The number of nitrogens with zero attached hydrogens (tertiary/aromatic N) is 4. The Kier molecular flexibility index (Phi) is 2.76. The van der Waals surface area contributed by atoms with E-state index in [-0.39, 0.29) is 0 Å². The lowest BCUT2D eigenvalue weighted by molar-refractivity contribution is 0.750. The molecule has 90 valence electrons. The molecule has 0 radical (unpaired) electrons. The molecule has 3 heterocycles. The van der Waals surface area contributed by atoms with Gasteiger partial charge in [0.05, 0.1) is 18.1 Å². The molecule has 0 spiro atoms. The van der Waals surface area contributed by atoms with E-state index in [1.165, 1.54) is 5.56 Å². The number of aromatic nitrogens is 3. The fourth-order valence-electron chi connectivity index (χ4n) is 2.28. The third-order valence-corrected chi connectivity index (χ3v) is 3.14. The second-order valence-electron chi connectivity index (χ2n) is 4.31. The van der Waals surface area contributed by atoms with E-state index in [2.05, 4.69) is 32.5 Å². The lowest BCUT2D eigenvalue weighted by Crippen LogP contribution is -2.25.